The van der Waals surface area contributed by atoms with E-state index in [4.69, 9.17) is 10.7 Å². The molecule has 1 aromatic heterocycles. The number of anilines is 1. The summed E-state index contributed by atoms with van der Waals surface area (Å²) in [6, 6.07) is 11.4. The summed E-state index contributed by atoms with van der Waals surface area (Å²) in [4.78, 5) is 4.71. The Morgan fingerprint density at radius 2 is 1.76 bits per heavy atom. The molecule has 0 unspecified atom stereocenters. The average Bonchev–Trinajstić information content (AvgIpc) is 2.52. The number of aryl methyl sites for hydroxylation is 1. The number of para-hydroxylation sites is 1. The molecule has 0 aliphatic heterocycles. The molecule has 3 heteroatoms. The molecule has 1 aliphatic rings. The van der Waals surface area contributed by atoms with Crippen LogP contribution in [0.25, 0.3) is 10.9 Å². The molecule has 2 aromatic rings. The fourth-order valence-electron chi connectivity index (χ4n) is 2.90. The van der Waals surface area contributed by atoms with Gasteiger partial charge >= 0.3 is 0 Å². The molecule has 0 atom stereocenters. The minimum atomic E-state index is 0.393. The fraction of sp³-hybridized carbons (Fsp3) is 0.500. The van der Waals surface area contributed by atoms with Gasteiger partial charge in [-0.1, -0.05) is 32.0 Å². The van der Waals surface area contributed by atoms with E-state index in [1.807, 2.05) is 19.9 Å². The van der Waals surface area contributed by atoms with Gasteiger partial charge in [-0.15, -0.1) is 0 Å². The van der Waals surface area contributed by atoms with Gasteiger partial charge in [0.05, 0.1) is 5.52 Å². The van der Waals surface area contributed by atoms with Gasteiger partial charge in [0.25, 0.3) is 0 Å². The predicted molar refractivity (Wildman–Crippen MR) is 91.7 cm³/mol. The first-order valence-electron chi connectivity index (χ1n) is 8.11. The second-order valence-corrected chi connectivity index (χ2v) is 5.60. The van der Waals surface area contributed by atoms with Gasteiger partial charge in [0.2, 0.25) is 0 Å². The highest BCUT2D eigenvalue weighted by Gasteiger charge is 2.18. The highest BCUT2D eigenvalue weighted by Crippen LogP contribution is 2.24. The monoisotopic (exact) mass is 285 g/mol. The number of hydrogen-bond donors (Lipinski definition) is 2. The Balaban J connectivity index is 0.000000774. The van der Waals surface area contributed by atoms with E-state index in [2.05, 4.69) is 36.5 Å². The summed E-state index contributed by atoms with van der Waals surface area (Å²) in [6.45, 7) is 6.14. The Hall–Kier alpha value is -1.61. The minimum absolute atomic E-state index is 0.393. The zero-order valence-corrected chi connectivity index (χ0v) is 13.4. The molecule has 0 bridgehead atoms. The minimum Gasteiger partial charge on any atom is -0.367 e. The van der Waals surface area contributed by atoms with Crippen LogP contribution in [0.15, 0.2) is 30.3 Å². The lowest BCUT2D eigenvalue weighted by atomic mass is 9.92. The number of nitrogens with zero attached hydrogens (tertiary/aromatic N) is 1. The summed E-state index contributed by atoms with van der Waals surface area (Å²) in [5, 5.41) is 4.80. The van der Waals surface area contributed by atoms with Crippen molar-refractivity contribution in [2.24, 2.45) is 5.73 Å². The van der Waals surface area contributed by atoms with Gasteiger partial charge < -0.3 is 11.1 Å². The highest BCUT2D eigenvalue weighted by molar-refractivity contribution is 5.83. The first kappa shape index (κ1) is 15.8. The fourth-order valence-corrected chi connectivity index (χ4v) is 2.90. The Kier molecular flexibility index (Phi) is 5.57. The molecule has 0 spiro atoms. The lowest BCUT2D eigenvalue weighted by Crippen LogP contribution is -2.33. The number of fused-ring (bicyclic) bond motifs is 1. The Morgan fingerprint density at radius 1 is 1.10 bits per heavy atom. The summed E-state index contributed by atoms with van der Waals surface area (Å²) < 4.78 is 0. The summed E-state index contributed by atoms with van der Waals surface area (Å²) in [6.07, 6.45) is 4.53. The first-order valence-corrected chi connectivity index (χ1v) is 8.11. The zero-order valence-electron chi connectivity index (χ0n) is 13.4. The second-order valence-electron chi connectivity index (χ2n) is 5.60. The van der Waals surface area contributed by atoms with Crippen LogP contribution in [0.3, 0.4) is 0 Å². The van der Waals surface area contributed by atoms with Crippen LogP contribution in [0.5, 0.6) is 0 Å². The van der Waals surface area contributed by atoms with Crippen LogP contribution in [0, 0.1) is 6.92 Å². The third-order valence-corrected chi connectivity index (χ3v) is 4.05. The average molecular weight is 285 g/mol. The molecule has 0 radical (unpaired) electrons. The number of benzene rings is 1. The lowest BCUT2D eigenvalue weighted by molar-refractivity contribution is 0.410. The Bertz CT molecular complexity index is 572. The van der Waals surface area contributed by atoms with Crippen LogP contribution < -0.4 is 11.1 Å². The van der Waals surface area contributed by atoms with E-state index in [0.29, 0.717) is 12.1 Å². The van der Waals surface area contributed by atoms with Gasteiger partial charge in [0, 0.05) is 17.5 Å². The molecule has 0 saturated heterocycles. The molecule has 3 N–H and O–H groups in total. The first-order chi connectivity index (χ1) is 10.2. The van der Waals surface area contributed by atoms with E-state index in [1.165, 1.54) is 10.9 Å². The lowest BCUT2D eigenvalue weighted by Gasteiger charge is -2.27. The number of nitrogens with two attached hydrogens (primary N) is 1. The van der Waals surface area contributed by atoms with Gasteiger partial charge in [0.1, 0.15) is 5.82 Å². The maximum Gasteiger partial charge on any atom is 0.127 e. The molecule has 1 aromatic carbocycles. The molecule has 114 valence electrons. The zero-order chi connectivity index (χ0) is 15.2. The number of hydrogen-bond acceptors (Lipinski definition) is 3. The summed E-state index contributed by atoms with van der Waals surface area (Å²) >= 11 is 0. The summed E-state index contributed by atoms with van der Waals surface area (Å²) in [7, 11) is 0. The smallest absolute Gasteiger partial charge is 0.127 e. The molecule has 0 amide bonds. The molecule has 3 rings (SSSR count). The van der Waals surface area contributed by atoms with Crippen LogP contribution in [0.2, 0.25) is 0 Å². The van der Waals surface area contributed by atoms with Crippen LogP contribution in [-0.4, -0.2) is 17.1 Å². The van der Waals surface area contributed by atoms with Crippen molar-refractivity contribution in [1.82, 2.24) is 4.98 Å². The topological polar surface area (TPSA) is 50.9 Å². The largest absolute Gasteiger partial charge is 0.367 e. The molecule has 3 nitrogen and oxygen atoms in total. The van der Waals surface area contributed by atoms with Gasteiger partial charge in [-0.2, -0.15) is 0 Å². The maximum absolute atomic E-state index is 5.95. The van der Waals surface area contributed by atoms with E-state index in [-0.39, 0.29) is 0 Å². The van der Waals surface area contributed by atoms with Crippen molar-refractivity contribution in [3.63, 3.8) is 0 Å². The predicted octanol–water partition coefficient (Wildman–Crippen LogP) is 4.25. The SMILES string of the molecule is CC.Cc1cc(NC2CCC(N)CC2)nc2ccccc12. The number of pyridine rings is 1. The van der Waals surface area contributed by atoms with Crippen molar-refractivity contribution in [2.75, 3.05) is 5.32 Å². The van der Waals surface area contributed by atoms with Gasteiger partial charge in [-0.25, -0.2) is 4.98 Å². The highest BCUT2D eigenvalue weighted by atomic mass is 15.0. The summed E-state index contributed by atoms with van der Waals surface area (Å²) in [5.74, 6) is 0.997. The second kappa shape index (κ2) is 7.41. The van der Waals surface area contributed by atoms with Crippen LogP contribution in [0.4, 0.5) is 5.82 Å². The van der Waals surface area contributed by atoms with Crippen LogP contribution in [0.1, 0.15) is 45.1 Å². The maximum atomic E-state index is 5.95. The van der Waals surface area contributed by atoms with E-state index in [0.717, 1.165) is 37.0 Å². The van der Waals surface area contributed by atoms with E-state index < -0.39 is 0 Å². The standard InChI is InChI=1S/C16H21N3.C2H6/c1-11-10-16(18-13-8-6-12(17)7-9-13)19-15-5-3-2-4-14(11)15;1-2/h2-5,10,12-13H,6-9,17H2,1H3,(H,18,19);1-2H3. The molecule has 1 aliphatic carbocycles. The Morgan fingerprint density at radius 3 is 2.48 bits per heavy atom. The van der Waals surface area contributed by atoms with Crippen molar-refractivity contribution in [3.05, 3.63) is 35.9 Å². The van der Waals surface area contributed by atoms with Crippen molar-refractivity contribution >= 4 is 16.7 Å². The molecule has 1 saturated carbocycles. The van der Waals surface area contributed by atoms with Crippen molar-refractivity contribution in [3.8, 4) is 0 Å². The number of nitrogens with one attached hydrogen (secondary N) is 1. The normalized spacial score (nSPS) is 21.5. The summed E-state index contributed by atoms with van der Waals surface area (Å²) in [5.41, 5.74) is 8.29. The van der Waals surface area contributed by atoms with Crippen LogP contribution in [-0.2, 0) is 0 Å². The van der Waals surface area contributed by atoms with E-state index in [1.54, 1.807) is 0 Å². The molecule has 1 fully saturated rings. The quantitative estimate of drug-likeness (QED) is 0.867. The van der Waals surface area contributed by atoms with Crippen molar-refractivity contribution < 1.29 is 0 Å². The van der Waals surface area contributed by atoms with E-state index in [9.17, 15) is 0 Å². The van der Waals surface area contributed by atoms with Crippen molar-refractivity contribution in [1.29, 1.82) is 0 Å². The Labute approximate surface area is 128 Å². The van der Waals surface area contributed by atoms with Crippen LogP contribution >= 0.6 is 0 Å². The van der Waals surface area contributed by atoms with Crippen molar-refractivity contribution in [2.45, 2.75) is 58.5 Å². The third-order valence-electron chi connectivity index (χ3n) is 4.05. The van der Waals surface area contributed by atoms with E-state index >= 15 is 0 Å². The van der Waals surface area contributed by atoms with Gasteiger partial charge in [-0.05, 0) is 50.3 Å². The molecular weight excluding hydrogens is 258 g/mol. The number of rotatable bonds is 2. The third kappa shape index (κ3) is 3.94. The van der Waals surface area contributed by atoms with Gasteiger partial charge in [0.15, 0.2) is 0 Å². The number of aromatic nitrogens is 1. The molecular formula is C18H27N3. The molecule has 21 heavy (non-hydrogen) atoms. The molecule has 1 heterocycles. The van der Waals surface area contributed by atoms with Gasteiger partial charge in [-0.3, -0.25) is 0 Å².